The molecule has 2 aromatic carbocycles. The molecular formula is C22H23ClN2O2. The highest BCUT2D eigenvalue weighted by molar-refractivity contribution is 6.30. The third kappa shape index (κ3) is 3.86. The smallest absolute Gasteiger partial charge is 0.232 e. The van der Waals surface area contributed by atoms with Crippen LogP contribution in [-0.2, 0) is 22.4 Å². The van der Waals surface area contributed by atoms with Crippen molar-refractivity contribution in [3.05, 3.63) is 64.7 Å². The maximum atomic E-state index is 13.1. The number of hydrogen-bond acceptors (Lipinski definition) is 2. The van der Waals surface area contributed by atoms with Crippen LogP contribution in [0.4, 0.5) is 5.69 Å². The molecule has 0 aliphatic carbocycles. The Bertz CT molecular complexity index is 850. The number of likely N-dealkylation sites (tertiary alicyclic amines) is 1. The first-order valence-electron chi connectivity index (χ1n) is 9.53. The van der Waals surface area contributed by atoms with Crippen LogP contribution >= 0.6 is 11.6 Å². The zero-order valence-electron chi connectivity index (χ0n) is 15.2. The lowest BCUT2D eigenvalue weighted by atomic mass is 9.99. The van der Waals surface area contributed by atoms with Gasteiger partial charge in [0.05, 0.1) is 5.92 Å². The first-order chi connectivity index (χ1) is 13.1. The van der Waals surface area contributed by atoms with E-state index >= 15 is 0 Å². The van der Waals surface area contributed by atoms with Crippen LogP contribution < -0.4 is 4.90 Å². The van der Waals surface area contributed by atoms with Crippen LogP contribution in [0.25, 0.3) is 0 Å². The van der Waals surface area contributed by atoms with Crippen molar-refractivity contribution in [3.8, 4) is 0 Å². The van der Waals surface area contributed by atoms with Gasteiger partial charge in [0, 0.05) is 36.8 Å². The third-order valence-electron chi connectivity index (χ3n) is 5.52. The van der Waals surface area contributed by atoms with Crippen LogP contribution in [0.3, 0.4) is 0 Å². The molecule has 0 aromatic heterocycles. The molecule has 140 valence electrons. The molecular weight excluding hydrogens is 360 g/mol. The third-order valence-corrected chi connectivity index (χ3v) is 5.78. The van der Waals surface area contributed by atoms with E-state index in [1.807, 2.05) is 52.3 Å². The van der Waals surface area contributed by atoms with Gasteiger partial charge in [0.15, 0.2) is 0 Å². The van der Waals surface area contributed by atoms with Gasteiger partial charge < -0.3 is 9.80 Å². The highest BCUT2D eigenvalue weighted by Crippen LogP contribution is 2.30. The van der Waals surface area contributed by atoms with Crippen molar-refractivity contribution in [1.29, 1.82) is 0 Å². The molecule has 0 saturated carbocycles. The van der Waals surface area contributed by atoms with Crippen molar-refractivity contribution in [1.82, 2.24) is 4.90 Å². The molecule has 0 spiro atoms. The Kier molecular flexibility index (Phi) is 5.17. The van der Waals surface area contributed by atoms with Gasteiger partial charge in [0.2, 0.25) is 11.8 Å². The Balaban J connectivity index is 1.40. The highest BCUT2D eigenvalue weighted by atomic mass is 35.5. The summed E-state index contributed by atoms with van der Waals surface area (Å²) in [5, 5.41) is 0.712. The zero-order valence-corrected chi connectivity index (χ0v) is 16.0. The summed E-state index contributed by atoms with van der Waals surface area (Å²) in [6.45, 7) is 1.90. The topological polar surface area (TPSA) is 40.6 Å². The van der Waals surface area contributed by atoms with E-state index in [-0.39, 0.29) is 17.7 Å². The fourth-order valence-corrected chi connectivity index (χ4v) is 4.18. The van der Waals surface area contributed by atoms with Crippen molar-refractivity contribution in [2.45, 2.75) is 25.7 Å². The lowest BCUT2D eigenvalue weighted by Crippen LogP contribution is -2.40. The fourth-order valence-electron chi connectivity index (χ4n) is 4.05. The molecule has 0 bridgehead atoms. The van der Waals surface area contributed by atoms with Gasteiger partial charge in [-0.15, -0.1) is 0 Å². The van der Waals surface area contributed by atoms with Gasteiger partial charge >= 0.3 is 0 Å². The molecule has 2 heterocycles. The molecule has 4 rings (SSSR count). The molecule has 0 N–H and O–H groups in total. The quantitative estimate of drug-likeness (QED) is 0.808. The van der Waals surface area contributed by atoms with Crippen molar-refractivity contribution >= 4 is 29.1 Å². The van der Waals surface area contributed by atoms with E-state index in [0.29, 0.717) is 24.5 Å². The van der Waals surface area contributed by atoms with Gasteiger partial charge in [-0.05, 0) is 48.6 Å². The number of nitrogens with zero attached hydrogens (tertiary/aromatic N) is 2. The van der Waals surface area contributed by atoms with Gasteiger partial charge in [-0.3, -0.25) is 9.59 Å². The van der Waals surface area contributed by atoms with Crippen molar-refractivity contribution in [2.24, 2.45) is 5.92 Å². The number of benzene rings is 2. The summed E-state index contributed by atoms with van der Waals surface area (Å²) in [5.74, 6) is -0.0778. The van der Waals surface area contributed by atoms with Gasteiger partial charge in [0.1, 0.15) is 0 Å². The molecule has 2 aromatic rings. The minimum atomic E-state index is -0.242. The predicted octanol–water partition coefficient (Wildman–Crippen LogP) is 3.71. The number of amides is 2. The first kappa shape index (κ1) is 18.1. The van der Waals surface area contributed by atoms with E-state index in [1.54, 1.807) is 0 Å². The normalized spacial score (nSPS) is 19.3. The van der Waals surface area contributed by atoms with E-state index in [2.05, 4.69) is 6.07 Å². The summed E-state index contributed by atoms with van der Waals surface area (Å²) in [6.07, 6.45) is 3.08. The summed E-state index contributed by atoms with van der Waals surface area (Å²) in [7, 11) is 0. The average Bonchev–Trinajstić information content (AvgIpc) is 3.07. The lowest BCUT2D eigenvalue weighted by molar-refractivity contribution is -0.128. The Morgan fingerprint density at radius 3 is 2.70 bits per heavy atom. The molecule has 27 heavy (non-hydrogen) atoms. The zero-order chi connectivity index (χ0) is 18.8. The first-order valence-corrected chi connectivity index (χ1v) is 9.91. The number of rotatable bonds is 4. The van der Waals surface area contributed by atoms with E-state index in [0.717, 1.165) is 37.1 Å². The minimum Gasteiger partial charge on any atom is -0.342 e. The second kappa shape index (κ2) is 7.73. The standard InChI is InChI=1S/C22H23ClN2O2/c23-19-9-7-16(8-10-19)11-13-24-15-18(14-21(24)26)22(27)25-12-3-5-17-4-1-2-6-20(17)25/h1-2,4,6-10,18H,3,5,11-15H2. The monoisotopic (exact) mass is 382 g/mol. The van der Waals surface area contributed by atoms with Crippen LogP contribution in [0.15, 0.2) is 48.5 Å². The van der Waals surface area contributed by atoms with E-state index in [9.17, 15) is 9.59 Å². The average molecular weight is 383 g/mol. The van der Waals surface area contributed by atoms with Crippen LogP contribution in [0.2, 0.25) is 5.02 Å². The van der Waals surface area contributed by atoms with E-state index in [4.69, 9.17) is 11.6 Å². The number of aryl methyl sites for hydroxylation is 1. The van der Waals surface area contributed by atoms with Crippen molar-refractivity contribution < 1.29 is 9.59 Å². The molecule has 5 heteroatoms. The summed E-state index contributed by atoms with van der Waals surface area (Å²) in [6, 6.07) is 15.8. The largest absolute Gasteiger partial charge is 0.342 e. The lowest BCUT2D eigenvalue weighted by Gasteiger charge is -2.31. The molecule has 1 fully saturated rings. The van der Waals surface area contributed by atoms with Crippen LogP contribution in [-0.4, -0.2) is 36.3 Å². The number of halogens is 1. The number of carbonyl (C=O) groups excluding carboxylic acids is 2. The molecule has 4 nitrogen and oxygen atoms in total. The summed E-state index contributed by atoms with van der Waals surface area (Å²) in [5.41, 5.74) is 3.38. The second-order valence-electron chi connectivity index (χ2n) is 7.34. The summed E-state index contributed by atoms with van der Waals surface area (Å²) >= 11 is 5.92. The molecule has 2 aliphatic rings. The van der Waals surface area contributed by atoms with Crippen molar-refractivity contribution in [3.63, 3.8) is 0 Å². The Hall–Kier alpha value is -2.33. The Labute approximate surface area is 164 Å². The molecule has 2 amide bonds. The van der Waals surface area contributed by atoms with Crippen LogP contribution in [0, 0.1) is 5.92 Å². The summed E-state index contributed by atoms with van der Waals surface area (Å²) in [4.78, 5) is 29.2. The van der Waals surface area contributed by atoms with Gasteiger partial charge in [-0.1, -0.05) is 41.9 Å². The summed E-state index contributed by atoms with van der Waals surface area (Å²) < 4.78 is 0. The maximum absolute atomic E-state index is 13.1. The Morgan fingerprint density at radius 2 is 1.89 bits per heavy atom. The van der Waals surface area contributed by atoms with Gasteiger partial charge in [0.25, 0.3) is 0 Å². The fraction of sp³-hybridized carbons (Fsp3) is 0.364. The van der Waals surface area contributed by atoms with E-state index < -0.39 is 0 Å². The number of carbonyl (C=O) groups is 2. The van der Waals surface area contributed by atoms with E-state index in [1.165, 1.54) is 5.56 Å². The van der Waals surface area contributed by atoms with Crippen molar-refractivity contribution in [2.75, 3.05) is 24.5 Å². The molecule has 1 saturated heterocycles. The molecule has 0 radical (unpaired) electrons. The highest BCUT2D eigenvalue weighted by Gasteiger charge is 2.37. The number of anilines is 1. The van der Waals surface area contributed by atoms with Gasteiger partial charge in [-0.2, -0.15) is 0 Å². The number of hydrogen-bond donors (Lipinski definition) is 0. The van der Waals surface area contributed by atoms with Gasteiger partial charge in [-0.25, -0.2) is 0 Å². The number of fused-ring (bicyclic) bond motifs is 1. The maximum Gasteiger partial charge on any atom is 0.232 e. The minimum absolute atomic E-state index is 0.0765. The number of para-hydroxylation sites is 1. The second-order valence-corrected chi connectivity index (χ2v) is 7.78. The molecule has 2 aliphatic heterocycles. The molecule has 1 atom stereocenters. The Morgan fingerprint density at radius 1 is 1.11 bits per heavy atom. The SMILES string of the molecule is O=C1CC(C(=O)N2CCCc3ccccc32)CN1CCc1ccc(Cl)cc1. The molecule has 1 unspecified atom stereocenters. The predicted molar refractivity (Wildman–Crippen MR) is 107 cm³/mol. The van der Waals surface area contributed by atoms with Crippen LogP contribution in [0.1, 0.15) is 24.0 Å². The van der Waals surface area contributed by atoms with Crippen LogP contribution in [0.5, 0.6) is 0 Å².